The molecule has 2 saturated heterocycles. The first-order valence-corrected chi connectivity index (χ1v) is 12.6. The SMILES string of the molecule is CC(C)C(CNC(=O)C1CCN(S(=O)(=O)c2cc(C(N)=O)n(C)c2)CC1)N1CCOCC1. The van der Waals surface area contributed by atoms with E-state index in [2.05, 4.69) is 24.1 Å². The predicted octanol–water partition coefficient (Wildman–Crippen LogP) is -0.00230. The minimum atomic E-state index is -3.74. The topological polar surface area (TPSA) is 127 Å². The molecule has 1 atom stereocenters. The molecule has 0 bridgehead atoms. The van der Waals surface area contributed by atoms with Gasteiger partial charge in [0.15, 0.2) is 0 Å². The molecule has 0 spiro atoms. The summed E-state index contributed by atoms with van der Waals surface area (Å²) in [6.45, 7) is 8.58. The van der Waals surface area contributed by atoms with Crippen LogP contribution in [0.25, 0.3) is 0 Å². The number of amides is 2. The molecule has 3 rings (SSSR count). The zero-order chi connectivity index (χ0) is 23.5. The summed E-state index contributed by atoms with van der Waals surface area (Å²) in [6.07, 6.45) is 2.32. The van der Waals surface area contributed by atoms with Crippen molar-refractivity contribution in [2.75, 3.05) is 45.9 Å². The van der Waals surface area contributed by atoms with Gasteiger partial charge in [-0.15, -0.1) is 0 Å². The van der Waals surface area contributed by atoms with E-state index in [0.29, 0.717) is 38.5 Å². The van der Waals surface area contributed by atoms with Crippen LogP contribution in [0, 0.1) is 11.8 Å². The van der Waals surface area contributed by atoms with E-state index in [1.807, 2.05) is 0 Å². The summed E-state index contributed by atoms with van der Waals surface area (Å²) < 4.78 is 34.1. The summed E-state index contributed by atoms with van der Waals surface area (Å²) in [5.41, 5.74) is 5.43. The van der Waals surface area contributed by atoms with Crippen LogP contribution in [0.4, 0.5) is 0 Å². The van der Waals surface area contributed by atoms with Crippen LogP contribution in [0.5, 0.6) is 0 Å². The number of carbonyl (C=O) groups excluding carboxylic acids is 2. The molecule has 10 nitrogen and oxygen atoms in total. The van der Waals surface area contributed by atoms with Gasteiger partial charge >= 0.3 is 0 Å². The van der Waals surface area contributed by atoms with Crippen LogP contribution in [0.1, 0.15) is 37.2 Å². The lowest BCUT2D eigenvalue weighted by Crippen LogP contribution is -2.52. The van der Waals surface area contributed by atoms with Crippen molar-refractivity contribution < 1.29 is 22.7 Å². The number of sulfonamides is 1. The minimum absolute atomic E-state index is 0.0170. The molecule has 3 N–H and O–H groups in total. The fourth-order valence-electron chi connectivity index (χ4n) is 4.47. The Bertz CT molecular complexity index is 915. The van der Waals surface area contributed by atoms with Gasteiger partial charge < -0.3 is 20.4 Å². The average Bonchev–Trinajstić information content (AvgIpc) is 3.17. The molecule has 0 radical (unpaired) electrons. The zero-order valence-corrected chi connectivity index (χ0v) is 19.9. The van der Waals surface area contributed by atoms with E-state index in [1.54, 1.807) is 7.05 Å². The maximum atomic E-state index is 13.0. The highest BCUT2D eigenvalue weighted by molar-refractivity contribution is 7.89. The van der Waals surface area contributed by atoms with Gasteiger partial charge in [-0.05, 0) is 24.8 Å². The van der Waals surface area contributed by atoms with Crippen molar-refractivity contribution >= 4 is 21.8 Å². The highest BCUT2D eigenvalue weighted by Crippen LogP contribution is 2.25. The number of nitrogens with two attached hydrogens (primary N) is 1. The first-order valence-electron chi connectivity index (χ1n) is 11.2. The molecule has 11 heteroatoms. The highest BCUT2D eigenvalue weighted by atomic mass is 32.2. The number of ether oxygens (including phenoxy) is 1. The minimum Gasteiger partial charge on any atom is -0.379 e. The van der Waals surface area contributed by atoms with Crippen LogP contribution < -0.4 is 11.1 Å². The summed E-state index contributed by atoms with van der Waals surface area (Å²) >= 11 is 0. The normalized spacial score (nSPS) is 20.4. The molecule has 2 fully saturated rings. The van der Waals surface area contributed by atoms with Crippen molar-refractivity contribution in [2.45, 2.75) is 37.6 Å². The fourth-order valence-corrected chi connectivity index (χ4v) is 6.01. The third-order valence-corrected chi connectivity index (χ3v) is 8.33. The Labute approximate surface area is 190 Å². The number of carbonyl (C=O) groups is 2. The quantitative estimate of drug-likeness (QED) is 0.552. The number of nitrogens with zero attached hydrogens (tertiary/aromatic N) is 3. The lowest BCUT2D eigenvalue weighted by atomic mass is 9.96. The Kier molecular flexibility index (Phi) is 7.97. The van der Waals surface area contributed by atoms with Crippen molar-refractivity contribution in [3.8, 4) is 0 Å². The van der Waals surface area contributed by atoms with Gasteiger partial charge in [-0.2, -0.15) is 4.31 Å². The number of hydrogen-bond acceptors (Lipinski definition) is 6. The third kappa shape index (κ3) is 5.51. The van der Waals surface area contributed by atoms with Gasteiger partial charge in [0.1, 0.15) is 10.6 Å². The van der Waals surface area contributed by atoms with Crippen molar-refractivity contribution in [3.05, 3.63) is 18.0 Å². The van der Waals surface area contributed by atoms with Crippen LogP contribution in [0.3, 0.4) is 0 Å². The maximum absolute atomic E-state index is 13.0. The molecule has 0 aromatic carbocycles. The van der Waals surface area contributed by atoms with Gasteiger partial charge in [-0.25, -0.2) is 8.42 Å². The lowest BCUT2D eigenvalue weighted by molar-refractivity contribution is -0.126. The van der Waals surface area contributed by atoms with Crippen LogP contribution in [0.15, 0.2) is 17.2 Å². The number of rotatable bonds is 8. The molecule has 2 aliphatic heterocycles. The number of morpholine rings is 1. The molecule has 1 unspecified atom stereocenters. The molecular formula is C21H35N5O5S. The van der Waals surface area contributed by atoms with E-state index in [-0.39, 0.29) is 41.5 Å². The van der Waals surface area contributed by atoms with Gasteiger partial charge in [0, 0.05) is 57.9 Å². The van der Waals surface area contributed by atoms with Crippen LogP contribution in [-0.2, 0) is 26.6 Å². The Hall–Kier alpha value is -1.95. The fraction of sp³-hybridized carbons (Fsp3) is 0.714. The summed E-state index contributed by atoms with van der Waals surface area (Å²) in [7, 11) is -2.16. The Morgan fingerprint density at radius 3 is 2.34 bits per heavy atom. The molecular weight excluding hydrogens is 434 g/mol. The van der Waals surface area contributed by atoms with Gasteiger partial charge in [-0.1, -0.05) is 13.8 Å². The van der Waals surface area contributed by atoms with E-state index in [4.69, 9.17) is 10.5 Å². The van der Waals surface area contributed by atoms with Crippen LogP contribution >= 0.6 is 0 Å². The maximum Gasteiger partial charge on any atom is 0.265 e. The summed E-state index contributed by atoms with van der Waals surface area (Å²) in [5.74, 6) is -0.509. The molecule has 3 heterocycles. The number of piperidine rings is 1. The number of primary amides is 1. The van der Waals surface area contributed by atoms with Crippen LogP contribution in [-0.4, -0.2) is 86.0 Å². The molecule has 0 saturated carbocycles. The smallest absolute Gasteiger partial charge is 0.265 e. The molecule has 2 amide bonds. The molecule has 0 aliphatic carbocycles. The monoisotopic (exact) mass is 469 g/mol. The molecule has 32 heavy (non-hydrogen) atoms. The second-order valence-electron chi connectivity index (χ2n) is 8.92. The van der Waals surface area contributed by atoms with E-state index >= 15 is 0 Å². The predicted molar refractivity (Wildman–Crippen MR) is 119 cm³/mol. The summed E-state index contributed by atoms with van der Waals surface area (Å²) in [5, 5.41) is 3.10. The number of aromatic nitrogens is 1. The second kappa shape index (κ2) is 10.3. The second-order valence-corrected chi connectivity index (χ2v) is 10.9. The van der Waals surface area contributed by atoms with Crippen molar-refractivity contribution in [2.24, 2.45) is 24.6 Å². The number of aryl methyl sites for hydroxylation is 1. The molecule has 2 aliphatic rings. The van der Waals surface area contributed by atoms with E-state index in [0.717, 1.165) is 13.1 Å². The molecule has 1 aromatic rings. The third-order valence-electron chi connectivity index (χ3n) is 6.46. The Morgan fingerprint density at radius 2 is 1.81 bits per heavy atom. The zero-order valence-electron chi connectivity index (χ0n) is 19.1. The average molecular weight is 470 g/mol. The summed E-state index contributed by atoms with van der Waals surface area (Å²) in [6, 6.07) is 1.55. The number of hydrogen-bond donors (Lipinski definition) is 2. The Balaban J connectivity index is 1.54. The van der Waals surface area contributed by atoms with Crippen LogP contribution in [0.2, 0.25) is 0 Å². The van der Waals surface area contributed by atoms with E-state index < -0.39 is 15.9 Å². The van der Waals surface area contributed by atoms with Crippen molar-refractivity contribution in [3.63, 3.8) is 0 Å². The lowest BCUT2D eigenvalue weighted by Gasteiger charge is -2.37. The van der Waals surface area contributed by atoms with Crippen molar-refractivity contribution in [1.29, 1.82) is 0 Å². The largest absolute Gasteiger partial charge is 0.379 e. The van der Waals surface area contributed by atoms with E-state index in [1.165, 1.54) is 21.1 Å². The standard InChI is InChI=1S/C21H35N5O5S/c1-15(2)19(25-8-10-31-11-9-25)13-23-21(28)16-4-6-26(7-5-16)32(29,30)17-12-18(20(22)27)24(3)14-17/h12,14-16,19H,4-11,13H2,1-3H3,(H2,22,27)(H,23,28). The number of nitrogens with one attached hydrogen (secondary N) is 1. The first kappa shape index (κ1) is 24.7. The van der Waals surface area contributed by atoms with Gasteiger partial charge in [-0.3, -0.25) is 14.5 Å². The first-order chi connectivity index (χ1) is 15.1. The summed E-state index contributed by atoms with van der Waals surface area (Å²) in [4.78, 5) is 26.6. The van der Waals surface area contributed by atoms with Crippen molar-refractivity contribution in [1.82, 2.24) is 19.1 Å². The molecule has 180 valence electrons. The van der Waals surface area contributed by atoms with Gasteiger partial charge in [0.05, 0.1) is 13.2 Å². The molecule has 1 aromatic heterocycles. The van der Waals surface area contributed by atoms with Gasteiger partial charge in [0.2, 0.25) is 15.9 Å². The van der Waals surface area contributed by atoms with Gasteiger partial charge in [0.25, 0.3) is 5.91 Å². The van der Waals surface area contributed by atoms with E-state index in [9.17, 15) is 18.0 Å². The Morgan fingerprint density at radius 1 is 1.19 bits per heavy atom. The highest BCUT2D eigenvalue weighted by Gasteiger charge is 2.34.